The molecule has 10 nitrogen and oxygen atoms in total. The second-order valence-electron chi connectivity index (χ2n) is 10.6. The van der Waals surface area contributed by atoms with Crippen molar-refractivity contribution in [3.05, 3.63) is 53.4 Å². The van der Waals surface area contributed by atoms with E-state index < -0.39 is 11.5 Å². The minimum atomic E-state index is -0.579. The Kier molecular flexibility index (Phi) is 11.1. The van der Waals surface area contributed by atoms with Crippen LogP contribution in [0.1, 0.15) is 38.1 Å². The van der Waals surface area contributed by atoms with Crippen molar-refractivity contribution in [1.29, 1.82) is 0 Å². The minimum absolute atomic E-state index is 0.178. The number of thiazole rings is 1. The van der Waals surface area contributed by atoms with Crippen LogP contribution in [0.3, 0.4) is 0 Å². The lowest BCUT2D eigenvalue weighted by Gasteiger charge is -2.35. The van der Waals surface area contributed by atoms with Gasteiger partial charge in [-0.1, -0.05) is 29.0 Å². The summed E-state index contributed by atoms with van der Waals surface area (Å²) in [4.78, 5) is 48.9. The molecule has 0 radical (unpaired) electrons. The number of rotatable bonds is 8. The van der Waals surface area contributed by atoms with Crippen molar-refractivity contribution in [1.82, 2.24) is 19.7 Å². The Hall–Kier alpha value is -3.95. The first-order chi connectivity index (χ1) is 19.8. The van der Waals surface area contributed by atoms with Crippen LogP contribution in [0.15, 0.2) is 56.9 Å². The first kappa shape index (κ1) is 32.6. The van der Waals surface area contributed by atoms with Crippen LogP contribution in [-0.4, -0.2) is 90.6 Å². The quantitative estimate of drug-likeness (QED) is 0.254. The summed E-state index contributed by atoms with van der Waals surface area (Å²) in [5.74, 6) is 2.28. The fourth-order valence-electron chi connectivity index (χ4n) is 3.69. The molecule has 12 heteroatoms. The second-order valence-corrected chi connectivity index (χ2v) is 13.0. The van der Waals surface area contributed by atoms with E-state index in [4.69, 9.17) is 15.9 Å². The summed E-state index contributed by atoms with van der Waals surface area (Å²) in [7, 11) is 5.33. The highest BCUT2D eigenvalue weighted by Crippen LogP contribution is 2.36. The number of nitrogens with one attached hydrogen (secondary N) is 1. The average molecular weight is 612 g/mol. The summed E-state index contributed by atoms with van der Waals surface area (Å²) in [5, 5.41) is 3.16. The molecule has 1 aromatic carbocycles. The number of piperazine rings is 1. The standard InChI is InChI=1S/C30H37N5O5S2/c1-9-21(11-10-20(2)33(6)7)26(36)32-28-31-19-25(42-28)41-22-12-13-24(39-8)23(18-22)27(37)34-14-16-35(17-15-34)29(38)40-30(3,4)5/h1,10-13,18-19H,14-17H2,2-8H3,(H,31,32,36)/b20-10+,21-11+. The Morgan fingerprint density at radius 1 is 1.14 bits per heavy atom. The van der Waals surface area contributed by atoms with Gasteiger partial charge in [0, 0.05) is 50.9 Å². The van der Waals surface area contributed by atoms with Crippen LogP contribution in [-0.2, 0) is 9.53 Å². The molecule has 3 amide bonds. The van der Waals surface area contributed by atoms with Crippen LogP contribution in [0, 0.1) is 12.3 Å². The first-order valence-electron chi connectivity index (χ1n) is 13.2. The van der Waals surface area contributed by atoms with Gasteiger partial charge in [0.2, 0.25) is 0 Å². The number of methoxy groups -OCH3 is 1. The Bertz CT molecular complexity index is 1410. The summed E-state index contributed by atoms with van der Waals surface area (Å²) in [6.07, 6.45) is 10.2. The van der Waals surface area contributed by atoms with E-state index in [1.807, 2.05) is 52.8 Å². The highest BCUT2D eigenvalue weighted by atomic mass is 32.2. The lowest BCUT2D eigenvalue weighted by molar-refractivity contribution is -0.112. The summed E-state index contributed by atoms with van der Waals surface area (Å²) < 4.78 is 11.7. The van der Waals surface area contributed by atoms with Crippen LogP contribution < -0.4 is 10.1 Å². The van der Waals surface area contributed by atoms with E-state index in [0.717, 1.165) is 14.8 Å². The number of carbonyl (C=O) groups excluding carboxylic acids is 3. The average Bonchev–Trinajstić information content (AvgIpc) is 3.38. The van der Waals surface area contributed by atoms with Gasteiger partial charge in [0.1, 0.15) is 11.4 Å². The number of anilines is 1. The van der Waals surface area contributed by atoms with Crippen molar-refractivity contribution in [3.63, 3.8) is 0 Å². The highest BCUT2D eigenvalue weighted by molar-refractivity contribution is 8.01. The molecule has 0 spiro atoms. The van der Waals surface area contributed by atoms with Gasteiger partial charge in [-0.25, -0.2) is 9.78 Å². The maximum atomic E-state index is 13.5. The lowest BCUT2D eigenvalue weighted by atomic mass is 10.1. The third-order valence-corrected chi connectivity index (χ3v) is 8.14. The monoisotopic (exact) mass is 611 g/mol. The predicted octanol–water partition coefficient (Wildman–Crippen LogP) is 4.96. The molecule has 42 heavy (non-hydrogen) atoms. The number of allylic oxidation sites excluding steroid dienone is 3. The van der Waals surface area contributed by atoms with E-state index >= 15 is 0 Å². The molecule has 3 rings (SSSR count). The zero-order chi connectivity index (χ0) is 31.0. The molecule has 2 heterocycles. The molecular weight excluding hydrogens is 574 g/mol. The number of amides is 3. The lowest BCUT2D eigenvalue weighted by Crippen LogP contribution is -2.51. The van der Waals surface area contributed by atoms with Gasteiger partial charge in [-0.2, -0.15) is 0 Å². The van der Waals surface area contributed by atoms with E-state index in [-0.39, 0.29) is 17.6 Å². The number of hydrogen-bond acceptors (Lipinski definition) is 9. The third kappa shape index (κ3) is 9.03. The van der Waals surface area contributed by atoms with Gasteiger partial charge in [-0.15, -0.1) is 6.42 Å². The fourth-order valence-corrected chi connectivity index (χ4v) is 5.58. The smallest absolute Gasteiger partial charge is 0.410 e. The molecule has 1 N–H and O–H groups in total. The molecule has 1 saturated heterocycles. The van der Waals surface area contributed by atoms with Gasteiger partial charge >= 0.3 is 6.09 Å². The maximum Gasteiger partial charge on any atom is 0.410 e. The maximum absolute atomic E-state index is 13.5. The van der Waals surface area contributed by atoms with Gasteiger partial charge in [0.05, 0.1) is 28.7 Å². The van der Waals surface area contributed by atoms with E-state index in [9.17, 15) is 14.4 Å². The number of benzene rings is 1. The number of carbonyl (C=O) groups is 3. The Balaban J connectivity index is 1.67. The van der Waals surface area contributed by atoms with Crippen LogP contribution >= 0.6 is 23.1 Å². The topological polar surface area (TPSA) is 104 Å². The van der Waals surface area contributed by atoms with Crippen molar-refractivity contribution in [2.45, 2.75) is 42.4 Å². The van der Waals surface area contributed by atoms with Crippen LogP contribution in [0.4, 0.5) is 9.93 Å². The molecule has 224 valence electrons. The minimum Gasteiger partial charge on any atom is -0.496 e. The number of terminal acetylenes is 1. The van der Waals surface area contributed by atoms with E-state index in [1.165, 1.54) is 30.2 Å². The van der Waals surface area contributed by atoms with E-state index in [1.54, 1.807) is 40.3 Å². The number of hydrogen-bond donors (Lipinski definition) is 1. The van der Waals surface area contributed by atoms with E-state index in [2.05, 4.69) is 16.2 Å². The van der Waals surface area contributed by atoms with Gasteiger partial charge in [0.25, 0.3) is 11.8 Å². The number of nitrogens with zero attached hydrogens (tertiary/aromatic N) is 4. The molecule has 0 saturated carbocycles. The van der Waals surface area contributed by atoms with Crippen molar-refractivity contribution < 1.29 is 23.9 Å². The zero-order valence-electron chi connectivity index (χ0n) is 25.0. The largest absolute Gasteiger partial charge is 0.496 e. The SMILES string of the molecule is C#C/C(=C\C=C(/C)N(C)C)C(=O)Nc1ncc(Sc2ccc(OC)c(C(=O)N3CCN(C(=O)OC(C)(C)C)CC3)c2)s1. The van der Waals surface area contributed by atoms with Gasteiger partial charge in [-0.05, 0) is 58.0 Å². The first-order valence-corrected chi connectivity index (χ1v) is 14.9. The summed E-state index contributed by atoms with van der Waals surface area (Å²) in [6.45, 7) is 8.92. The predicted molar refractivity (Wildman–Crippen MR) is 166 cm³/mol. The molecule has 1 aliphatic heterocycles. The molecule has 0 unspecified atom stereocenters. The molecule has 1 fully saturated rings. The van der Waals surface area contributed by atoms with Crippen LogP contribution in [0.25, 0.3) is 0 Å². The molecule has 1 aromatic heterocycles. The van der Waals surface area contributed by atoms with E-state index in [0.29, 0.717) is 42.6 Å². The Morgan fingerprint density at radius 2 is 1.81 bits per heavy atom. The van der Waals surface area contributed by atoms with Gasteiger partial charge in [0.15, 0.2) is 5.13 Å². The molecule has 0 bridgehead atoms. The molecular formula is C30H37N5O5S2. The summed E-state index contributed by atoms with van der Waals surface area (Å²) in [6, 6.07) is 5.39. The Labute approximate surface area is 255 Å². The number of aromatic nitrogens is 1. The van der Waals surface area contributed by atoms with Crippen molar-refractivity contribution in [3.8, 4) is 18.1 Å². The Morgan fingerprint density at radius 3 is 2.40 bits per heavy atom. The fraction of sp³-hybridized carbons (Fsp3) is 0.400. The molecule has 1 aliphatic rings. The summed E-state index contributed by atoms with van der Waals surface area (Å²) in [5.41, 5.74) is 0.982. The van der Waals surface area contributed by atoms with Crippen LogP contribution in [0.2, 0.25) is 0 Å². The summed E-state index contributed by atoms with van der Waals surface area (Å²) >= 11 is 2.71. The molecule has 2 aromatic rings. The number of ether oxygens (including phenoxy) is 2. The highest BCUT2D eigenvalue weighted by Gasteiger charge is 2.29. The normalized spacial score (nSPS) is 14.2. The van der Waals surface area contributed by atoms with Gasteiger partial charge in [-0.3, -0.25) is 14.9 Å². The van der Waals surface area contributed by atoms with Crippen LogP contribution in [0.5, 0.6) is 5.75 Å². The van der Waals surface area contributed by atoms with Crippen molar-refractivity contribution >= 4 is 46.1 Å². The van der Waals surface area contributed by atoms with Gasteiger partial charge < -0.3 is 24.2 Å². The third-order valence-electron chi connectivity index (χ3n) is 6.14. The second kappa shape index (κ2) is 14.3. The van der Waals surface area contributed by atoms with Crippen molar-refractivity contribution in [2.24, 2.45) is 0 Å². The van der Waals surface area contributed by atoms with Crippen molar-refractivity contribution in [2.75, 3.05) is 52.7 Å². The molecule has 0 atom stereocenters. The zero-order valence-corrected chi connectivity index (χ0v) is 26.6. The molecule has 0 aliphatic carbocycles.